The third kappa shape index (κ3) is 5.92. The molecule has 9 heteroatoms. The molecule has 2 aromatic carbocycles. The molecule has 0 radical (unpaired) electrons. The van der Waals surface area contributed by atoms with Gasteiger partial charge in [0.05, 0.1) is 0 Å². The molecule has 35 heavy (non-hydrogen) atoms. The van der Waals surface area contributed by atoms with Gasteiger partial charge in [0.2, 0.25) is 23.5 Å². The van der Waals surface area contributed by atoms with Crippen LogP contribution in [-0.2, 0) is 9.59 Å². The molecule has 0 aliphatic carbocycles. The molecular weight excluding hydrogens is 487 g/mol. The Labute approximate surface area is 214 Å². The normalized spacial score (nSPS) is 16.5. The molecule has 3 aromatic rings. The first-order valence-electron chi connectivity index (χ1n) is 11.5. The predicted octanol–water partition coefficient (Wildman–Crippen LogP) is 5.44. The van der Waals surface area contributed by atoms with Crippen molar-refractivity contribution in [2.24, 2.45) is 0 Å². The van der Waals surface area contributed by atoms with E-state index in [2.05, 4.69) is 16.7 Å². The minimum atomic E-state index is -0.891. The van der Waals surface area contributed by atoms with Gasteiger partial charge in [-0.15, -0.1) is 18.2 Å². The van der Waals surface area contributed by atoms with Crippen LogP contribution in [-0.4, -0.2) is 51.4 Å². The van der Waals surface area contributed by atoms with E-state index in [1.54, 1.807) is 35.2 Å². The van der Waals surface area contributed by atoms with Crippen molar-refractivity contribution in [3.8, 4) is 11.4 Å². The summed E-state index contributed by atoms with van der Waals surface area (Å²) >= 11 is 12.5. The smallest absolute Gasteiger partial charge is 0.249 e. The van der Waals surface area contributed by atoms with Gasteiger partial charge in [-0.3, -0.25) is 9.59 Å². The van der Waals surface area contributed by atoms with Crippen LogP contribution in [0.25, 0.3) is 11.4 Å². The molecule has 1 aliphatic heterocycles. The molecule has 1 saturated heterocycles. The number of likely N-dealkylation sites (tertiary alicyclic amines) is 1. The lowest BCUT2D eigenvalue weighted by Gasteiger charge is -2.35. The molecular formula is C26H26Cl2N4O3. The van der Waals surface area contributed by atoms with Gasteiger partial charge < -0.3 is 14.3 Å². The van der Waals surface area contributed by atoms with E-state index in [0.717, 1.165) is 18.4 Å². The fourth-order valence-corrected chi connectivity index (χ4v) is 4.64. The molecule has 1 aliphatic rings. The van der Waals surface area contributed by atoms with Gasteiger partial charge >= 0.3 is 0 Å². The van der Waals surface area contributed by atoms with E-state index in [1.807, 2.05) is 30.3 Å². The summed E-state index contributed by atoms with van der Waals surface area (Å²) < 4.78 is 5.56. The summed E-state index contributed by atoms with van der Waals surface area (Å²) in [4.78, 5) is 34.2. The van der Waals surface area contributed by atoms with Crippen LogP contribution in [0.5, 0.6) is 0 Å². The number of benzene rings is 2. The number of hydrogen-bond acceptors (Lipinski definition) is 5. The highest BCUT2D eigenvalue weighted by atomic mass is 35.5. The van der Waals surface area contributed by atoms with Crippen LogP contribution in [0.3, 0.4) is 0 Å². The second-order valence-corrected chi connectivity index (χ2v) is 9.22. The summed E-state index contributed by atoms with van der Waals surface area (Å²) in [6, 6.07) is 15.9. The third-order valence-corrected chi connectivity index (χ3v) is 6.60. The van der Waals surface area contributed by atoms with Crippen LogP contribution in [0.15, 0.2) is 71.8 Å². The molecule has 182 valence electrons. The molecule has 4 rings (SSSR count). The topological polar surface area (TPSA) is 79.5 Å². The Morgan fingerprint density at radius 3 is 2.74 bits per heavy atom. The van der Waals surface area contributed by atoms with Crippen LogP contribution in [0, 0.1) is 0 Å². The van der Waals surface area contributed by atoms with Gasteiger partial charge in [-0.25, -0.2) is 0 Å². The Hall–Kier alpha value is -3.16. The highest BCUT2D eigenvalue weighted by Gasteiger charge is 2.34. The zero-order chi connectivity index (χ0) is 24.8. The summed E-state index contributed by atoms with van der Waals surface area (Å²) in [6.07, 6.45) is 4.06. The van der Waals surface area contributed by atoms with E-state index in [4.69, 9.17) is 27.7 Å². The lowest BCUT2D eigenvalue weighted by Crippen LogP contribution is -2.46. The minimum Gasteiger partial charge on any atom is -0.337 e. The maximum absolute atomic E-state index is 13.4. The molecule has 0 spiro atoms. The molecule has 0 saturated carbocycles. The van der Waals surface area contributed by atoms with E-state index in [9.17, 15) is 9.59 Å². The van der Waals surface area contributed by atoms with Crippen LogP contribution < -0.4 is 0 Å². The highest BCUT2D eigenvalue weighted by molar-refractivity contribution is 6.31. The van der Waals surface area contributed by atoms with E-state index in [0.29, 0.717) is 35.3 Å². The average Bonchev–Trinajstić information content (AvgIpc) is 3.38. The third-order valence-electron chi connectivity index (χ3n) is 5.93. The number of amides is 2. The number of carbonyl (C=O) groups is 2. The first kappa shape index (κ1) is 24.9. The zero-order valence-electron chi connectivity index (χ0n) is 19.1. The molecule has 2 amide bonds. The molecule has 1 fully saturated rings. The number of carbonyl (C=O) groups excluding carboxylic acids is 2. The fourth-order valence-electron chi connectivity index (χ4n) is 4.17. The van der Waals surface area contributed by atoms with E-state index < -0.39 is 5.38 Å². The Balaban J connectivity index is 1.50. The molecule has 0 N–H and O–H groups in total. The quantitative estimate of drug-likeness (QED) is 0.296. The molecule has 1 aromatic heterocycles. The van der Waals surface area contributed by atoms with E-state index >= 15 is 0 Å². The van der Waals surface area contributed by atoms with Gasteiger partial charge in [0.25, 0.3) is 0 Å². The Bertz CT molecular complexity index is 1180. The molecule has 0 bridgehead atoms. The monoisotopic (exact) mass is 512 g/mol. The van der Waals surface area contributed by atoms with Crippen LogP contribution in [0.1, 0.15) is 42.1 Å². The molecule has 2 heterocycles. The molecule has 2 unspecified atom stereocenters. The van der Waals surface area contributed by atoms with Crippen LogP contribution >= 0.6 is 23.2 Å². The number of halogens is 2. The number of hydrogen-bond donors (Lipinski definition) is 0. The van der Waals surface area contributed by atoms with Gasteiger partial charge in [-0.1, -0.05) is 65.3 Å². The summed E-state index contributed by atoms with van der Waals surface area (Å²) in [5.74, 6) is 0.232. The van der Waals surface area contributed by atoms with Crippen molar-refractivity contribution >= 4 is 35.0 Å². The largest absolute Gasteiger partial charge is 0.337 e. The Kier molecular flexibility index (Phi) is 8.21. The lowest BCUT2D eigenvalue weighted by atomic mass is 10.0. The maximum Gasteiger partial charge on any atom is 0.249 e. The molecule has 2 atom stereocenters. The predicted molar refractivity (Wildman–Crippen MR) is 135 cm³/mol. The fraction of sp³-hybridized carbons (Fsp3) is 0.308. The Morgan fingerprint density at radius 2 is 2.00 bits per heavy atom. The Morgan fingerprint density at radius 1 is 1.20 bits per heavy atom. The van der Waals surface area contributed by atoms with Gasteiger partial charge in [-0.2, -0.15) is 4.98 Å². The standard InChI is InChI=1S/C26H26Cl2N4O3/c1-2-14-31(26(34)23(28)18-9-4-3-5-10-18)17-22(33)32-15-7-6-13-21(32)25-29-24(30-35-25)19-11-8-12-20(27)16-19/h2-5,8-12,16,21,23H,1,6-7,13-15,17H2. The highest BCUT2D eigenvalue weighted by Crippen LogP contribution is 2.32. The van der Waals surface area contributed by atoms with Gasteiger partial charge in [0.1, 0.15) is 18.0 Å². The minimum absolute atomic E-state index is 0.118. The summed E-state index contributed by atoms with van der Waals surface area (Å²) in [5, 5.41) is 3.78. The summed E-state index contributed by atoms with van der Waals surface area (Å²) in [7, 11) is 0. The van der Waals surface area contributed by atoms with Crippen molar-refractivity contribution in [1.29, 1.82) is 0 Å². The SMILES string of the molecule is C=CCN(CC(=O)N1CCCCC1c1nc(-c2cccc(Cl)c2)no1)C(=O)C(Cl)c1ccccc1. The van der Waals surface area contributed by atoms with E-state index in [1.165, 1.54) is 4.90 Å². The number of piperidine rings is 1. The van der Waals surface area contributed by atoms with Gasteiger partial charge in [0.15, 0.2) is 0 Å². The maximum atomic E-state index is 13.4. The van der Waals surface area contributed by atoms with Gasteiger partial charge in [-0.05, 0) is 37.0 Å². The van der Waals surface area contributed by atoms with Gasteiger partial charge in [0, 0.05) is 23.7 Å². The number of nitrogens with zero attached hydrogens (tertiary/aromatic N) is 4. The van der Waals surface area contributed by atoms with Crippen molar-refractivity contribution in [2.75, 3.05) is 19.6 Å². The molecule has 7 nitrogen and oxygen atoms in total. The number of alkyl halides is 1. The van der Waals surface area contributed by atoms with Crippen molar-refractivity contribution in [3.05, 3.63) is 83.7 Å². The average molecular weight is 513 g/mol. The number of aromatic nitrogens is 2. The first-order chi connectivity index (χ1) is 17.0. The zero-order valence-corrected chi connectivity index (χ0v) is 20.7. The van der Waals surface area contributed by atoms with E-state index in [-0.39, 0.29) is 30.9 Å². The van der Waals surface area contributed by atoms with Crippen molar-refractivity contribution in [1.82, 2.24) is 19.9 Å². The summed E-state index contributed by atoms with van der Waals surface area (Å²) in [6.45, 7) is 4.36. The first-order valence-corrected chi connectivity index (χ1v) is 12.3. The second kappa shape index (κ2) is 11.5. The van der Waals surface area contributed by atoms with Crippen molar-refractivity contribution in [3.63, 3.8) is 0 Å². The van der Waals surface area contributed by atoms with Crippen molar-refractivity contribution in [2.45, 2.75) is 30.7 Å². The van der Waals surface area contributed by atoms with Crippen molar-refractivity contribution < 1.29 is 14.1 Å². The number of rotatable bonds is 8. The van der Waals surface area contributed by atoms with Crippen LogP contribution in [0.4, 0.5) is 0 Å². The summed E-state index contributed by atoms with van der Waals surface area (Å²) in [5.41, 5.74) is 1.41. The van der Waals surface area contributed by atoms with Crippen LogP contribution in [0.2, 0.25) is 5.02 Å². The second-order valence-electron chi connectivity index (χ2n) is 8.35. The lowest BCUT2D eigenvalue weighted by molar-refractivity contribution is -0.142.